The highest BCUT2D eigenvalue weighted by atomic mass is 19.1. The molecule has 98 valence electrons. The quantitative estimate of drug-likeness (QED) is 0.663. The average molecular weight is 257 g/mol. The summed E-state index contributed by atoms with van der Waals surface area (Å²) in [5.41, 5.74) is 4.61. The zero-order chi connectivity index (χ0) is 13.1. The molecule has 1 aromatic carbocycles. The minimum absolute atomic E-state index is 0.0650. The fourth-order valence-electron chi connectivity index (χ4n) is 1.74. The first-order valence-corrected chi connectivity index (χ1v) is 5.61. The van der Waals surface area contributed by atoms with Crippen molar-refractivity contribution in [3.05, 3.63) is 29.3 Å². The lowest BCUT2D eigenvalue weighted by molar-refractivity contribution is 0.0157. The maximum Gasteiger partial charge on any atom is 0.341 e. The topological polar surface area (TPSA) is 61.6 Å². The van der Waals surface area contributed by atoms with Gasteiger partial charge in [0, 0.05) is 12.7 Å². The first-order valence-electron chi connectivity index (χ1n) is 5.61. The van der Waals surface area contributed by atoms with Crippen LogP contribution in [0.25, 0.3) is 0 Å². The van der Waals surface area contributed by atoms with Gasteiger partial charge in [-0.05, 0) is 18.9 Å². The molecule has 2 rings (SSSR count). The van der Waals surface area contributed by atoms with Crippen molar-refractivity contribution in [2.45, 2.75) is 18.9 Å². The van der Waals surface area contributed by atoms with Crippen molar-refractivity contribution in [2.24, 2.45) is 0 Å². The number of anilines is 1. The number of nitrogen functional groups attached to an aromatic ring is 1. The second kappa shape index (κ2) is 5.30. The van der Waals surface area contributed by atoms with E-state index in [4.69, 9.17) is 15.2 Å². The molecule has 0 saturated carbocycles. The molecule has 18 heavy (non-hydrogen) atoms. The number of ether oxygens (including phenoxy) is 2. The van der Waals surface area contributed by atoms with Crippen molar-refractivity contribution in [2.75, 3.05) is 18.9 Å². The Morgan fingerprint density at radius 2 is 2.22 bits per heavy atom. The normalized spacial score (nSPS) is 18.9. The smallest absolute Gasteiger partial charge is 0.341 e. The van der Waals surface area contributed by atoms with Gasteiger partial charge < -0.3 is 15.2 Å². The van der Waals surface area contributed by atoms with E-state index in [-0.39, 0.29) is 24.0 Å². The molecular weight excluding hydrogens is 244 g/mol. The van der Waals surface area contributed by atoms with Crippen LogP contribution in [-0.2, 0) is 9.47 Å². The molecule has 4 nitrogen and oxygen atoms in total. The Hall–Kier alpha value is -1.69. The number of nitrogens with two attached hydrogens (primary N) is 1. The number of carbonyl (C=O) groups excluding carboxylic acids is 1. The Balaban J connectivity index is 2.01. The first kappa shape index (κ1) is 12.8. The fraction of sp³-hybridized carbons (Fsp3) is 0.417. The number of hydrogen-bond donors (Lipinski definition) is 1. The summed E-state index contributed by atoms with van der Waals surface area (Å²) < 4.78 is 36.4. The van der Waals surface area contributed by atoms with E-state index < -0.39 is 17.6 Å². The summed E-state index contributed by atoms with van der Waals surface area (Å²) in [6.45, 7) is 0.704. The number of carbonyl (C=O) groups is 1. The maximum absolute atomic E-state index is 13.4. The number of esters is 1. The van der Waals surface area contributed by atoms with Gasteiger partial charge in [-0.1, -0.05) is 0 Å². The van der Waals surface area contributed by atoms with Crippen molar-refractivity contribution >= 4 is 11.7 Å². The summed E-state index contributed by atoms with van der Waals surface area (Å²) in [6.07, 6.45) is 1.58. The van der Waals surface area contributed by atoms with E-state index in [0.29, 0.717) is 12.7 Å². The van der Waals surface area contributed by atoms with Crippen LogP contribution < -0.4 is 5.73 Å². The number of rotatable bonds is 3. The Morgan fingerprint density at radius 1 is 1.44 bits per heavy atom. The lowest BCUT2D eigenvalue weighted by atomic mass is 10.2. The second-order valence-corrected chi connectivity index (χ2v) is 4.09. The monoisotopic (exact) mass is 257 g/mol. The molecule has 0 bridgehead atoms. The van der Waals surface area contributed by atoms with Gasteiger partial charge in [0.2, 0.25) is 0 Å². The molecule has 2 N–H and O–H groups in total. The van der Waals surface area contributed by atoms with E-state index >= 15 is 0 Å². The summed E-state index contributed by atoms with van der Waals surface area (Å²) in [6, 6.07) is 1.50. The van der Waals surface area contributed by atoms with Gasteiger partial charge in [-0.25, -0.2) is 13.6 Å². The molecule has 1 unspecified atom stereocenters. The molecule has 6 heteroatoms. The Bertz CT molecular complexity index is 459. The summed E-state index contributed by atoms with van der Waals surface area (Å²) >= 11 is 0. The molecule has 0 spiro atoms. The molecule has 0 aromatic heterocycles. The highest BCUT2D eigenvalue weighted by Gasteiger charge is 2.20. The number of halogens is 2. The van der Waals surface area contributed by atoms with Crippen LogP contribution >= 0.6 is 0 Å². The predicted molar refractivity (Wildman–Crippen MR) is 60.0 cm³/mol. The highest BCUT2D eigenvalue weighted by molar-refractivity contribution is 5.90. The zero-order valence-electron chi connectivity index (χ0n) is 9.62. The third-order valence-corrected chi connectivity index (χ3v) is 2.73. The summed E-state index contributed by atoms with van der Waals surface area (Å²) in [5, 5.41) is 0. The van der Waals surface area contributed by atoms with E-state index in [9.17, 15) is 13.6 Å². The Morgan fingerprint density at radius 3 is 2.89 bits per heavy atom. The molecule has 1 fully saturated rings. The first-order chi connectivity index (χ1) is 8.58. The largest absolute Gasteiger partial charge is 0.459 e. The van der Waals surface area contributed by atoms with Crippen molar-refractivity contribution < 1.29 is 23.0 Å². The lowest BCUT2D eigenvalue weighted by Crippen LogP contribution is -2.18. The molecule has 0 aliphatic carbocycles. The zero-order valence-corrected chi connectivity index (χ0v) is 9.62. The Kier molecular flexibility index (Phi) is 3.76. The van der Waals surface area contributed by atoms with Crippen LogP contribution in [0.4, 0.5) is 14.5 Å². The van der Waals surface area contributed by atoms with Crippen molar-refractivity contribution in [1.82, 2.24) is 0 Å². The lowest BCUT2D eigenvalue weighted by Gasteiger charge is -2.11. The molecule has 1 aromatic rings. The summed E-state index contributed by atoms with van der Waals surface area (Å²) in [5.74, 6) is -2.75. The van der Waals surface area contributed by atoms with Gasteiger partial charge in [0.1, 0.15) is 18.2 Å². The van der Waals surface area contributed by atoms with Crippen molar-refractivity contribution in [1.29, 1.82) is 0 Å². The molecule has 1 aliphatic heterocycles. The standard InChI is InChI=1S/C12H13F2NO3/c13-9-5-10(14)11(15)4-8(9)12(16)18-6-7-2-1-3-17-7/h4-5,7H,1-3,6,15H2. The van der Waals surface area contributed by atoms with E-state index in [0.717, 1.165) is 18.9 Å². The minimum atomic E-state index is -0.987. The molecule has 1 saturated heterocycles. The van der Waals surface area contributed by atoms with E-state index in [2.05, 4.69) is 0 Å². The van der Waals surface area contributed by atoms with Gasteiger partial charge >= 0.3 is 5.97 Å². The van der Waals surface area contributed by atoms with Crippen LogP contribution in [0, 0.1) is 11.6 Å². The maximum atomic E-state index is 13.4. The highest BCUT2D eigenvalue weighted by Crippen LogP contribution is 2.18. The van der Waals surface area contributed by atoms with Gasteiger partial charge in [-0.3, -0.25) is 0 Å². The molecule has 0 amide bonds. The molecule has 1 aliphatic rings. The third kappa shape index (κ3) is 2.76. The second-order valence-electron chi connectivity index (χ2n) is 4.09. The molecular formula is C12H13F2NO3. The summed E-state index contributed by atoms with van der Waals surface area (Å²) in [4.78, 5) is 11.6. The number of benzene rings is 1. The minimum Gasteiger partial charge on any atom is -0.459 e. The molecule has 0 radical (unpaired) electrons. The van der Waals surface area contributed by atoms with Crippen molar-refractivity contribution in [3.63, 3.8) is 0 Å². The van der Waals surface area contributed by atoms with Gasteiger partial charge in [0.05, 0.1) is 17.4 Å². The predicted octanol–water partition coefficient (Wildman–Crippen LogP) is 1.88. The number of hydrogen-bond acceptors (Lipinski definition) is 4. The van der Waals surface area contributed by atoms with E-state index in [1.165, 1.54) is 0 Å². The van der Waals surface area contributed by atoms with Gasteiger partial charge in [0.15, 0.2) is 0 Å². The molecule has 1 heterocycles. The van der Waals surface area contributed by atoms with Crippen LogP contribution in [0.1, 0.15) is 23.2 Å². The third-order valence-electron chi connectivity index (χ3n) is 2.73. The van der Waals surface area contributed by atoms with Crippen LogP contribution in [0.15, 0.2) is 12.1 Å². The summed E-state index contributed by atoms with van der Waals surface area (Å²) in [7, 11) is 0. The van der Waals surface area contributed by atoms with Gasteiger partial charge in [0.25, 0.3) is 0 Å². The van der Waals surface area contributed by atoms with E-state index in [1.54, 1.807) is 0 Å². The SMILES string of the molecule is Nc1cc(C(=O)OCC2CCCO2)c(F)cc1F. The van der Waals surface area contributed by atoms with Crippen LogP contribution in [-0.4, -0.2) is 25.3 Å². The molecule has 1 atom stereocenters. The van der Waals surface area contributed by atoms with Gasteiger partial charge in [-0.2, -0.15) is 0 Å². The van der Waals surface area contributed by atoms with Crippen molar-refractivity contribution in [3.8, 4) is 0 Å². The van der Waals surface area contributed by atoms with E-state index in [1.807, 2.05) is 0 Å². The van der Waals surface area contributed by atoms with Crippen LogP contribution in [0.3, 0.4) is 0 Å². The fourth-order valence-corrected chi connectivity index (χ4v) is 1.74. The average Bonchev–Trinajstić information content (AvgIpc) is 2.84. The van der Waals surface area contributed by atoms with Gasteiger partial charge in [-0.15, -0.1) is 0 Å². The Labute approximate surface area is 103 Å². The van der Waals surface area contributed by atoms with Crippen LogP contribution in [0.2, 0.25) is 0 Å². The van der Waals surface area contributed by atoms with Crippen LogP contribution in [0.5, 0.6) is 0 Å².